The summed E-state index contributed by atoms with van der Waals surface area (Å²) in [5.41, 5.74) is 2.61. The highest BCUT2D eigenvalue weighted by Crippen LogP contribution is 2.34. The molecule has 1 aliphatic heterocycles. The Morgan fingerprint density at radius 3 is 2.40 bits per heavy atom. The van der Waals surface area contributed by atoms with E-state index >= 15 is 0 Å². The molecule has 0 atom stereocenters. The van der Waals surface area contributed by atoms with Gasteiger partial charge in [-0.2, -0.15) is 13.2 Å². The number of benzene rings is 2. The first-order valence-corrected chi connectivity index (χ1v) is 13.0. The standard InChI is InChI=1S/C29H29F3N8O.ClH/c1-19-3-6-23(12-25(19)38-27-13-26(35-18-36-27)22-14-33-17-34-15-22)37-28(41)20-4-5-21(24(11-20)29(30,31)32)16-40-9-7-39(2)8-10-40;/h3-6,11-15,17-18H,7-10,16H2,1-2H3,(H,37,41)(H,35,36,38);1H. The lowest BCUT2D eigenvalue weighted by Crippen LogP contribution is -2.44. The number of piperazine rings is 1. The monoisotopic (exact) mass is 598 g/mol. The van der Waals surface area contributed by atoms with Crippen molar-refractivity contribution in [3.05, 3.63) is 89.8 Å². The average molecular weight is 599 g/mol. The molecule has 0 unspecified atom stereocenters. The van der Waals surface area contributed by atoms with Crippen LogP contribution in [0.4, 0.5) is 30.4 Å². The summed E-state index contributed by atoms with van der Waals surface area (Å²) in [5, 5.41) is 5.94. The molecule has 0 spiro atoms. The molecular formula is C29H30ClF3N8O. The van der Waals surface area contributed by atoms with Crippen molar-refractivity contribution >= 4 is 35.5 Å². The second-order valence-electron chi connectivity index (χ2n) is 9.97. The number of carbonyl (C=O) groups is 1. The van der Waals surface area contributed by atoms with Gasteiger partial charge < -0.3 is 15.5 Å². The van der Waals surface area contributed by atoms with Gasteiger partial charge in [-0.05, 0) is 49.4 Å². The van der Waals surface area contributed by atoms with E-state index in [-0.39, 0.29) is 30.1 Å². The number of halogens is 4. The topological polar surface area (TPSA) is 99.2 Å². The molecule has 2 N–H and O–H groups in total. The van der Waals surface area contributed by atoms with Crippen LogP contribution in [0.15, 0.2) is 67.5 Å². The van der Waals surface area contributed by atoms with Crippen LogP contribution in [0.5, 0.6) is 0 Å². The zero-order chi connectivity index (χ0) is 29.0. The van der Waals surface area contributed by atoms with Crippen molar-refractivity contribution in [1.82, 2.24) is 29.7 Å². The number of rotatable bonds is 7. The lowest BCUT2D eigenvalue weighted by atomic mass is 10.0. The van der Waals surface area contributed by atoms with E-state index in [4.69, 9.17) is 0 Å². The number of nitrogens with one attached hydrogen (secondary N) is 2. The van der Waals surface area contributed by atoms with Gasteiger partial charge in [-0.15, -0.1) is 12.4 Å². The molecule has 0 bridgehead atoms. The highest BCUT2D eigenvalue weighted by Gasteiger charge is 2.34. The van der Waals surface area contributed by atoms with Gasteiger partial charge in [0.2, 0.25) is 0 Å². The van der Waals surface area contributed by atoms with Gasteiger partial charge in [-0.25, -0.2) is 19.9 Å². The molecule has 0 radical (unpaired) electrons. The molecule has 220 valence electrons. The van der Waals surface area contributed by atoms with E-state index in [1.165, 1.54) is 24.8 Å². The van der Waals surface area contributed by atoms with Crippen LogP contribution in [0.25, 0.3) is 11.3 Å². The number of aryl methyl sites for hydroxylation is 1. The molecule has 13 heteroatoms. The van der Waals surface area contributed by atoms with Gasteiger partial charge in [0.25, 0.3) is 5.91 Å². The number of hydrogen-bond acceptors (Lipinski definition) is 8. The average Bonchev–Trinajstić information content (AvgIpc) is 2.96. The van der Waals surface area contributed by atoms with E-state index in [9.17, 15) is 18.0 Å². The van der Waals surface area contributed by atoms with Crippen molar-refractivity contribution in [2.75, 3.05) is 43.9 Å². The number of amides is 1. The molecule has 1 amide bonds. The molecule has 1 fully saturated rings. The van der Waals surface area contributed by atoms with Crippen LogP contribution in [0.2, 0.25) is 0 Å². The van der Waals surface area contributed by atoms with Crippen molar-refractivity contribution in [3.8, 4) is 11.3 Å². The molecule has 4 aromatic rings. The van der Waals surface area contributed by atoms with Crippen LogP contribution < -0.4 is 10.6 Å². The maximum Gasteiger partial charge on any atom is 0.416 e. The van der Waals surface area contributed by atoms with Gasteiger partial charge in [0.1, 0.15) is 18.5 Å². The highest BCUT2D eigenvalue weighted by atomic mass is 35.5. The van der Waals surface area contributed by atoms with Gasteiger partial charge in [0.05, 0.1) is 11.3 Å². The molecule has 1 aliphatic rings. The smallest absolute Gasteiger partial charge is 0.340 e. The van der Waals surface area contributed by atoms with Gasteiger partial charge in [0, 0.05) is 73.7 Å². The van der Waals surface area contributed by atoms with Crippen molar-refractivity contribution in [2.24, 2.45) is 0 Å². The van der Waals surface area contributed by atoms with E-state index in [2.05, 4.69) is 35.5 Å². The fourth-order valence-electron chi connectivity index (χ4n) is 4.56. The number of likely N-dealkylation sites (N-methyl/N-ethyl adjacent to an activating group) is 1. The summed E-state index contributed by atoms with van der Waals surface area (Å²) in [6.07, 6.45) is 1.55. The van der Waals surface area contributed by atoms with Gasteiger partial charge >= 0.3 is 6.18 Å². The fraction of sp³-hybridized carbons (Fsp3) is 0.276. The Kier molecular flexibility index (Phi) is 9.71. The molecule has 0 saturated carbocycles. The normalized spacial score (nSPS) is 14.2. The van der Waals surface area contributed by atoms with Crippen LogP contribution in [-0.2, 0) is 12.7 Å². The Hall–Kier alpha value is -4.13. The Bertz CT molecular complexity index is 1530. The number of carbonyl (C=O) groups excluding carboxylic acids is 1. The number of hydrogen-bond donors (Lipinski definition) is 2. The van der Waals surface area contributed by atoms with E-state index in [0.29, 0.717) is 36.0 Å². The fourth-order valence-corrected chi connectivity index (χ4v) is 4.56. The predicted octanol–water partition coefficient (Wildman–Crippen LogP) is 5.43. The summed E-state index contributed by atoms with van der Waals surface area (Å²) in [4.78, 5) is 33.7. The lowest BCUT2D eigenvalue weighted by molar-refractivity contribution is -0.138. The molecule has 1 saturated heterocycles. The van der Waals surface area contributed by atoms with Crippen LogP contribution >= 0.6 is 12.4 Å². The van der Waals surface area contributed by atoms with Crippen LogP contribution in [0.3, 0.4) is 0 Å². The minimum absolute atomic E-state index is 0. The molecule has 2 aromatic carbocycles. The molecule has 0 aliphatic carbocycles. The number of anilines is 3. The summed E-state index contributed by atoms with van der Waals surface area (Å²) in [6, 6.07) is 10.7. The summed E-state index contributed by atoms with van der Waals surface area (Å²) in [6.45, 7) is 5.05. The largest absolute Gasteiger partial charge is 0.416 e. The first-order chi connectivity index (χ1) is 19.7. The number of alkyl halides is 3. The van der Waals surface area contributed by atoms with Gasteiger partial charge in [-0.1, -0.05) is 12.1 Å². The molecule has 42 heavy (non-hydrogen) atoms. The van der Waals surface area contributed by atoms with Crippen molar-refractivity contribution in [1.29, 1.82) is 0 Å². The summed E-state index contributed by atoms with van der Waals surface area (Å²) in [5.74, 6) is -0.124. The van der Waals surface area contributed by atoms with Crippen LogP contribution in [-0.4, -0.2) is 68.9 Å². The lowest BCUT2D eigenvalue weighted by Gasteiger charge is -2.33. The Morgan fingerprint density at radius 1 is 0.952 bits per heavy atom. The van der Waals surface area contributed by atoms with E-state index in [1.54, 1.807) is 36.7 Å². The van der Waals surface area contributed by atoms with Crippen molar-refractivity contribution < 1.29 is 18.0 Å². The van der Waals surface area contributed by atoms with E-state index < -0.39 is 17.6 Å². The molecular weight excluding hydrogens is 569 g/mol. The highest BCUT2D eigenvalue weighted by molar-refractivity contribution is 6.04. The summed E-state index contributed by atoms with van der Waals surface area (Å²) < 4.78 is 42.0. The van der Waals surface area contributed by atoms with Crippen LogP contribution in [0.1, 0.15) is 27.0 Å². The Morgan fingerprint density at radius 2 is 1.69 bits per heavy atom. The molecule has 9 nitrogen and oxygen atoms in total. The summed E-state index contributed by atoms with van der Waals surface area (Å²) in [7, 11) is 1.99. The third kappa shape index (κ3) is 7.58. The third-order valence-corrected chi connectivity index (χ3v) is 6.95. The minimum Gasteiger partial charge on any atom is -0.340 e. The van der Waals surface area contributed by atoms with E-state index in [1.807, 2.05) is 18.9 Å². The second-order valence-corrected chi connectivity index (χ2v) is 9.97. The predicted molar refractivity (Wildman–Crippen MR) is 157 cm³/mol. The van der Waals surface area contributed by atoms with Crippen LogP contribution in [0, 0.1) is 6.92 Å². The quantitative estimate of drug-likeness (QED) is 0.291. The van der Waals surface area contributed by atoms with Crippen molar-refractivity contribution in [2.45, 2.75) is 19.6 Å². The molecule has 2 aromatic heterocycles. The summed E-state index contributed by atoms with van der Waals surface area (Å²) >= 11 is 0. The zero-order valence-corrected chi connectivity index (χ0v) is 23.8. The minimum atomic E-state index is -4.58. The Labute approximate surface area is 247 Å². The Balaban J connectivity index is 0.00000405. The zero-order valence-electron chi connectivity index (χ0n) is 23.0. The van der Waals surface area contributed by atoms with Gasteiger partial charge in [-0.3, -0.25) is 9.69 Å². The van der Waals surface area contributed by atoms with Gasteiger partial charge in [0.15, 0.2) is 0 Å². The first-order valence-electron chi connectivity index (χ1n) is 13.0. The maximum absolute atomic E-state index is 14.0. The van der Waals surface area contributed by atoms with Crippen molar-refractivity contribution in [3.63, 3.8) is 0 Å². The number of aromatic nitrogens is 4. The first kappa shape index (κ1) is 30.8. The molecule has 5 rings (SSSR count). The van der Waals surface area contributed by atoms with E-state index in [0.717, 1.165) is 30.3 Å². The number of nitrogens with zero attached hydrogens (tertiary/aromatic N) is 6. The molecule has 3 heterocycles. The third-order valence-electron chi connectivity index (χ3n) is 6.95. The maximum atomic E-state index is 14.0. The second kappa shape index (κ2) is 13.2. The SMILES string of the molecule is Cc1ccc(NC(=O)c2ccc(CN3CCN(C)CC3)c(C(F)(F)F)c2)cc1Nc1cc(-c2cncnc2)ncn1.Cl.